The molecule has 152 valence electrons. The molecule has 2 N–H and O–H groups in total. The molecule has 0 spiro atoms. The first-order chi connectivity index (χ1) is 14.5. The number of nitrogens with zero attached hydrogens (tertiary/aromatic N) is 2. The average molecular weight is 423 g/mol. The molecule has 7 nitrogen and oxygen atoms in total. The molecule has 1 aromatic carbocycles. The second-order valence-electron chi connectivity index (χ2n) is 6.91. The third-order valence-corrected chi connectivity index (χ3v) is 5.07. The molecule has 0 unspecified atom stereocenters. The van der Waals surface area contributed by atoms with Crippen LogP contribution in [0.4, 0.5) is 5.69 Å². The number of carbonyl (C=O) groups excluding carboxylic acids is 2. The van der Waals surface area contributed by atoms with Crippen LogP contribution in [-0.4, -0.2) is 22.5 Å². The van der Waals surface area contributed by atoms with Gasteiger partial charge in [-0.1, -0.05) is 17.7 Å². The number of halogens is 1. The lowest BCUT2D eigenvalue weighted by atomic mass is 9.93. The van der Waals surface area contributed by atoms with Gasteiger partial charge in [0.1, 0.15) is 5.76 Å². The molecule has 2 heterocycles. The fraction of sp³-hybridized carbons (Fsp3) is 0.182. The van der Waals surface area contributed by atoms with Crippen molar-refractivity contribution in [1.29, 1.82) is 0 Å². The molecule has 1 aliphatic rings. The zero-order valence-electron chi connectivity index (χ0n) is 16.2. The highest BCUT2D eigenvalue weighted by atomic mass is 35.5. The molecule has 0 saturated carbocycles. The average Bonchev–Trinajstić information content (AvgIpc) is 3.10. The van der Waals surface area contributed by atoms with Gasteiger partial charge in [0.05, 0.1) is 17.6 Å². The Kier molecular flexibility index (Phi) is 5.63. The minimum absolute atomic E-state index is 0.236. The number of furan rings is 1. The molecular formula is C22H19ClN4O3. The number of benzene rings is 1. The van der Waals surface area contributed by atoms with Crippen molar-refractivity contribution in [3.63, 3.8) is 0 Å². The second-order valence-corrected chi connectivity index (χ2v) is 7.35. The number of carbonyl (C=O) groups is 2. The predicted octanol–water partition coefficient (Wildman–Crippen LogP) is 4.36. The summed E-state index contributed by atoms with van der Waals surface area (Å²) in [7, 11) is 0. The van der Waals surface area contributed by atoms with Crippen LogP contribution >= 0.6 is 11.6 Å². The molecule has 0 atom stereocenters. The molecule has 30 heavy (non-hydrogen) atoms. The van der Waals surface area contributed by atoms with Crippen molar-refractivity contribution < 1.29 is 14.0 Å². The van der Waals surface area contributed by atoms with E-state index in [0.29, 0.717) is 46.2 Å². The summed E-state index contributed by atoms with van der Waals surface area (Å²) in [5.41, 5.74) is 5.75. The highest BCUT2D eigenvalue weighted by molar-refractivity contribution is 6.31. The van der Waals surface area contributed by atoms with E-state index in [1.807, 2.05) is 6.92 Å². The van der Waals surface area contributed by atoms with Crippen LogP contribution in [0.15, 0.2) is 58.3 Å². The maximum absolute atomic E-state index is 12.7. The SMILES string of the molecule is Cc1c(C(=O)Nc2cccnc2)oc2c1/C(=N/NC(=O)c1cccc(Cl)c1)CCC2. The predicted molar refractivity (Wildman–Crippen MR) is 114 cm³/mol. The minimum atomic E-state index is -0.354. The quantitative estimate of drug-likeness (QED) is 0.610. The summed E-state index contributed by atoms with van der Waals surface area (Å²) < 4.78 is 5.86. The molecule has 1 aliphatic carbocycles. The maximum atomic E-state index is 12.7. The number of aryl methyl sites for hydroxylation is 1. The first-order valence-corrected chi connectivity index (χ1v) is 9.87. The fourth-order valence-corrected chi connectivity index (χ4v) is 3.62. The molecule has 0 radical (unpaired) electrons. The van der Waals surface area contributed by atoms with Gasteiger partial charge in [-0.15, -0.1) is 0 Å². The highest BCUT2D eigenvalue weighted by Gasteiger charge is 2.28. The van der Waals surface area contributed by atoms with E-state index >= 15 is 0 Å². The minimum Gasteiger partial charge on any atom is -0.455 e. The van der Waals surface area contributed by atoms with Crippen LogP contribution in [0.25, 0.3) is 0 Å². The van der Waals surface area contributed by atoms with Crippen molar-refractivity contribution in [1.82, 2.24) is 10.4 Å². The van der Waals surface area contributed by atoms with E-state index in [-0.39, 0.29) is 17.6 Å². The van der Waals surface area contributed by atoms with E-state index in [0.717, 1.165) is 12.0 Å². The molecule has 0 fully saturated rings. The van der Waals surface area contributed by atoms with E-state index in [2.05, 4.69) is 20.8 Å². The molecule has 2 aromatic heterocycles. The molecule has 8 heteroatoms. The van der Waals surface area contributed by atoms with Crippen molar-refractivity contribution in [3.8, 4) is 0 Å². The van der Waals surface area contributed by atoms with Crippen LogP contribution in [0.3, 0.4) is 0 Å². The smallest absolute Gasteiger partial charge is 0.291 e. The Hall–Kier alpha value is -3.45. The lowest BCUT2D eigenvalue weighted by Crippen LogP contribution is -2.22. The Morgan fingerprint density at radius 1 is 1.17 bits per heavy atom. The van der Waals surface area contributed by atoms with Crippen LogP contribution in [-0.2, 0) is 6.42 Å². The molecular weight excluding hydrogens is 404 g/mol. The van der Waals surface area contributed by atoms with Crippen molar-refractivity contribution in [2.24, 2.45) is 5.10 Å². The van der Waals surface area contributed by atoms with E-state index in [1.165, 1.54) is 0 Å². The first-order valence-electron chi connectivity index (χ1n) is 9.49. The normalized spacial score (nSPS) is 14.3. The van der Waals surface area contributed by atoms with Crippen molar-refractivity contribution in [2.75, 3.05) is 5.32 Å². The maximum Gasteiger partial charge on any atom is 0.291 e. The van der Waals surface area contributed by atoms with E-state index in [9.17, 15) is 9.59 Å². The zero-order chi connectivity index (χ0) is 21.1. The second kappa shape index (κ2) is 8.51. The summed E-state index contributed by atoms with van der Waals surface area (Å²) in [6.07, 6.45) is 5.39. The summed E-state index contributed by atoms with van der Waals surface area (Å²) in [4.78, 5) is 29.1. The summed E-state index contributed by atoms with van der Waals surface area (Å²) >= 11 is 5.95. The van der Waals surface area contributed by atoms with Gasteiger partial charge in [0.15, 0.2) is 5.76 Å². The topological polar surface area (TPSA) is 96.6 Å². The largest absolute Gasteiger partial charge is 0.455 e. The Morgan fingerprint density at radius 2 is 2.03 bits per heavy atom. The van der Waals surface area contributed by atoms with Crippen LogP contribution in [0, 0.1) is 6.92 Å². The summed E-state index contributed by atoms with van der Waals surface area (Å²) in [5, 5.41) is 7.58. The first kappa shape index (κ1) is 19.8. The van der Waals surface area contributed by atoms with Crippen molar-refractivity contribution in [2.45, 2.75) is 26.2 Å². The number of nitrogens with one attached hydrogen (secondary N) is 2. The summed E-state index contributed by atoms with van der Waals surface area (Å²) in [5.74, 6) is 0.232. The lowest BCUT2D eigenvalue weighted by molar-refractivity contribution is 0.0953. The van der Waals surface area contributed by atoms with Crippen LogP contribution < -0.4 is 10.7 Å². The van der Waals surface area contributed by atoms with Gasteiger partial charge in [-0.2, -0.15) is 5.10 Å². The molecule has 0 saturated heterocycles. The van der Waals surface area contributed by atoms with Gasteiger partial charge in [-0.25, -0.2) is 5.43 Å². The number of fused-ring (bicyclic) bond motifs is 1. The summed E-state index contributed by atoms with van der Waals surface area (Å²) in [6.45, 7) is 1.82. The van der Waals surface area contributed by atoms with Crippen molar-refractivity contribution in [3.05, 3.63) is 82.0 Å². The highest BCUT2D eigenvalue weighted by Crippen LogP contribution is 2.30. The third kappa shape index (κ3) is 4.11. The molecule has 3 aromatic rings. The number of hydrazone groups is 1. The number of hydrogen-bond donors (Lipinski definition) is 2. The van der Waals surface area contributed by atoms with Gasteiger partial charge in [-0.3, -0.25) is 14.6 Å². The van der Waals surface area contributed by atoms with E-state index < -0.39 is 0 Å². The summed E-state index contributed by atoms with van der Waals surface area (Å²) in [6, 6.07) is 10.1. The van der Waals surface area contributed by atoms with Crippen LogP contribution in [0.5, 0.6) is 0 Å². The van der Waals surface area contributed by atoms with Gasteiger partial charge < -0.3 is 9.73 Å². The Labute approximate surface area is 178 Å². The third-order valence-electron chi connectivity index (χ3n) is 4.83. The molecule has 0 aliphatic heterocycles. The molecule has 0 bridgehead atoms. The Bertz CT molecular complexity index is 1140. The van der Waals surface area contributed by atoms with Gasteiger partial charge in [0.2, 0.25) is 0 Å². The molecule has 2 amide bonds. The molecule has 4 rings (SSSR count). The Morgan fingerprint density at radius 3 is 2.80 bits per heavy atom. The number of amides is 2. The monoisotopic (exact) mass is 422 g/mol. The van der Waals surface area contributed by atoms with E-state index in [1.54, 1.807) is 48.8 Å². The van der Waals surface area contributed by atoms with Gasteiger partial charge in [-0.05, 0) is 50.1 Å². The Balaban J connectivity index is 1.57. The number of pyridine rings is 1. The standard InChI is InChI=1S/C22H19ClN4O3/c1-13-19-17(26-27-21(28)14-5-2-6-15(23)11-14)8-3-9-18(19)30-20(13)22(29)25-16-7-4-10-24-12-16/h2,4-7,10-12H,3,8-9H2,1H3,(H,25,29)(H,27,28)/b26-17+. The van der Waals surface area contributed by atoms with Crippen LogP contribution in [0.1, 0.15) is 50.6 Å². The van der Waals surface area contributed by atoms with Crippen LogP contribution in [0.2, 0.25) is 5.02 Å². The number of anilines is 1. The van der Waals surface area contributed by atoms with Crippen molar-refractivity contribution >= 4 is 34.8 Å². The lowest BCUT2D eigenvalue weighted by Gasteiger charge is -2.13. The fourth-order valence-electron chi connectivity index (χ4n) is 3.43. The zero-order valence-corrected chi connectivity index (χ0v) is 17.0. The number of rotatable bonds is 4. The number of aromatic nitrogens is 1. The van der Waals surface area contributed by atoms with E-state index in [4.69, 9.17) is 16.0 Å². The van der Waals surface area contributed by atoms with Gasteiger partial charge in [0, 0.05) is 34.3 Å². The van der Waals surface area contributed by atoms with Gasteiger partial charge in [0.25, 0.3) is 11.8 Å². The number of hydrogen-bond acceptors (Lipinski definition) is 5. The van der Waals surface area contributed by atoms with Gasteiger partial charge >= 0.3 is 0 Å².